The van der Waals surface area contributed by atoms with Crippen molar-refractivity contribution in [2.75, 3.05) is 0 Å². The molecule has 0 fully saturated rings. The van der Waals surface area contributed by atoms with Crippen molar-refractivity contribution in [1.82, 2.24) is 0 Å². The minimum atomic E-state index is 1.03. The van der Waals surface area contributed by atoms with Crippen LogP contribution < -0.4 is 0 Å². The van der Waals surface area contributed by atoms with E-state index in [2.05, 4.69) is 11.2 Å². The van der Waals surface area contributed by atoms with Gasteiger partial charge in [0.15, 0.2) is 0 Å². The van der Waals surface area contributed by atoms with Gasteiger partial charge in [0.05, 0.1) is 0 Å². The largest absolute Gasteiger partial charge is 0.123 e. The van der Waals surface area contributed by atoms with Gasteiger partial charge in [-0.25, -0.2) is 0 Å². The van der Waals surface area contributed by atoms with E-state index in [9.17, 15) is 0 Å². The quantitative estimate of drug-likeness (QED) is 0.538. The Morgan fingerprint density at radius 3 is 2.67 bits per heavy atom. The molecule has 0 radical (unpaired) electrons. The van der Waals surface area contributed by atoms with Crippen molar-refractivity contribution >= 4 is 35.4 Å². The predicted octanol–water partition coefficient (Wildman–Crippen LogP) is 3.00. The highest BCUT2D eigenvalue weighted by atomic mass is 33.0. The Morgan fingerprint density at radius 2 is 2.50 bits per heavy atom. The summed E-state index contributed by atoms with van der Waals surface area (Å²) in [7, 11) is 4.97. The first kappa shape index (κ1) is 4.93. The molecule has 0 aromatic carbocycles. The summed E-state index contributed by atoms with van der Waals surface area (Å²) in [5.41, 5.74) is 0. The number of hydrogen-bond donors (Lipinski definition) is 0. The van der Waals surface area contributed by atoms with Crippen LogP contribution >= 0.6 is 35.4 Å². The summed E-state index contributed by atoms with van der Waals surface area (Å²) in [4.78, 5) is 0. The van der Waals surface area contributed by atoms with Gasteiger partial charge < -0.3 is 0 Å². The molecule has 0 amide bonds. The van der Waals surface area contributed by atoms with Crippen molar-refractivity contribution in [2.24, 2.45) is 0 Å². The molecule has 0 aliphatic rings. The molecular weight excluding hydrogens is 150 g/mol. The molecule has 0 aliphatic heterocycles. The standard InChI is InChI=1S/C2H4P2S2/c1-2-5-4-6-3-1/h1-4H. The summed E-state index contributed by atoms with van der Waals surface area (Å²) >= 11 is 0. The molecule has 0 nitrogen and oxygen atoms in total. The van der Waals surface area contributed by atoms with Crippen molar-refractivity contribution in [3.63, 3.8) is 0 Å². The van der Waals surface area contributed by atoms with Crippen molar-refractivity contribution in [2.45, 2.75) is 0 Å². The van der Waals surface area contributed by atoms with Crippen molar-refractivity contribution in [1.29, 1.82) is 0 Å². The van der Waals surface area contributed by atoms with E-state index in [1.54, 1.807) is 0 Å². The van der Waals surface area contributed by atoms with Crippen LogP contribution in [0.2, 0.25) is 0 Å². The van der Waals surface area contributed by atoms with E-state index in [4.69, 9.17) is 0 Å². The van der Waals surface area contributed by atoms with Crippen molar-refractivity contribution in [3.8, 4) is 0 Å². The van der Waals surface area contributed by atoms with Crippen LogP contribution in [0.3, 0.4) is 0 Å². The Kier molecular flexibility index (Phi) is 2.36. The van der Waals surface area contributed by atoms with Gasteiger partial charge >= 0.3 is 0 Å². The van der Waals surface area contributed by atoms with Crippen LogP contribution in [0, 0.1) is 0 Å². The van der Waals surface area contributed by atoms with Gasteiger partial charge in [-0.1, -0.05) is 7.37 Å². The van der Waals surface area contributed by atoms with Gasteiger partial charge in [0, 0.05) is 0 Å². The highest BCUT2D eigenvalue weighted by molar-refractivity contribution is 8.18. The van der Waals surface area contributed by atoms with E-state index >= 15 is 0 Å². The topological polar surface area (TPSA) is 0 Å². The Balaban J connectivity index is 3.00. The molecule has 4 heteroatoms. The Hall–Kier alpha value is 0.780. The van der Waals surface area contributed by atoms with Crippen LogP contribution in [0.4, 0.5) is 0 Å². The van der Waals surface area contributed by atoms with Gasteiger partial charge in [-0.2, -0.15) is 0 Å². The maximum absolute atomic E-state index is 2.23. The van der Waals surface area contributed by atoms with E-state index in [0.717, 1.165) is 13.9 Å². The van der Waals surface area contributed by atoms with Crippen LogP contribution in [0.15, 0.2) is 11.2 Å². The van der Waals surface area contributed by atoms with Gasteiger partial charge in [-0.05, 0) is 17.7 Å². The van der Waals surface area contributed by atoms with Gasteiger partial charge in [-0.15, -0.1) is 21.5 Å². The van der Waals surface area contributed by atoms with Crippen LogP contribution in [0.1, 0.15) is 0 Å². The fraction of sp³-hybridized carbons (Fsp3) is 0. The zero-order valence-corrected chi connectivity index (χ0v) is 6.60. The molecule has 0 aliphatic carbocycles. The highest BCUT2D eigenvalue weighted by Gasteiger charge is 1.58. The van der Waals surface area contributed by atoms with Crippen LogP contribution in [0.5, 0.6) is 0 Å². The molecule has 1 rings (SSSR count). The monoisotopic (exact) mass is 154 g/mol. The van der Waals surface area contributed by atoms with Crippen LogP contribution in [-0.2, 0) is 0 Å². The molecular formula is C2H4P2S2. The van der Waals surface area contributed by atoms with Crippen LogP contribution in [0.25, 0.3) is 0 Å². The first-order valence-electron chi connectivity index (χ1n) is 1.47. The molecule has 0 N–H and O–H groups in total. The van der Waals surface area contributed by atoms with E-state index in [1.165, 1.54) is 0 Å². The molecule has 1 aromatic rings. The minimum Gasteiger partial charge on any atom is -0.123 e. The predicted molar refractivity (Wildman–Crippen MR) is 38.8 cm³/mol. The molecule has 2 unspecified atom stereocenters. The summed E-state index contributed by atoms with van der Waals surface area (Å²) in [6.45, 7) is 1.06. The van der Waals surface area contributed by atoms with E-state index in [-0.39, 0.29) is 0 Å². The number of hydrogen-bond acceptors (Lipinski definition) is 2. The molecule has 1 aromatic heterocycles. The lowest BCUT2D eigenvalue weighted by Crippen LogP contribution is -1.17. The Labute approximate surface area is 46.9 Å². The molecule has 34 valence electrons. The molecule has 0 saturated carbocycles. The SMILES string of the molecule is c1cs[pH]s[pH]1. The average Bonchev–Trinajstić information content (AvgIpc) is 1.72. The smallest absolute Gasteiger partial charge is 0.000355 e. The second kappa shape index (κ2) is 2.87. The number of rotatable bonds is 0. The maximum atomic E-state index is 2.23. The summed E-state index contributed by atoms with van der Waals surface area (Å²) in [6, 6.07) is 0. The third-order valence-corrected chi connectivity index (χ3v) is 8.10. The summed E-state index contributed by atoms with van der Waals surface area (Å²) in [5.74, 6) is 2.23. The first-order valence-corrected chi connectivity index (χ1v) is 7.42. The summed E-state index contributed by atoms with van der Waals surface area (Å²) < 4.78 is 0. The lowest BCUT2D eigenvalue weighted by Gasteiger charge is -1.69. The second-order valence-electron chi connectivity index (χ2n) is 0.724. The third-order valence-electron chi connectivity index (χ3n) is 0.353. The maximum Gasteiger partial charge on any atom is -0.000355 e. The van der Waals surface area contributed by atoms with Gasteiger partial charge in [0.2, 0.25) is 0 Å². The van der Waals surface area contributed by atoms with E-state index in [0.29, 0.717) is 0 Å². The highest BCUT2D eigenvalue weighted by Crippen LogP contribution is 2.25. The summed E-state index contributed by atoms with van der Waals surface area (Å²) in [6.07, 6.45) is 0. The lowest BCUT2D eigenvalue weighted by molar-refractivity contribution is 2.38. The molecule has 6 heavy (non-hydrogen) atoms. The molecule has 0 bridgehead atoms. The molecule has 1 heterocycles. The third kappa shape index (κ3) is 1.49. The van der Waals surface area contributed by atoms with E-state index in [1.807, 2.05) is 21.5 Å². The fourth-order valence-corrected chi connectivity index (χ4v) is 7.23. The minimum absolute atomic E-state index is 1.03. The van der Waals surface area contributed by atoms with Gasteiger partial charge in [-0.3, -0.25) is 0 Å². The van der Waals surface area contributed by atoms with Gasteiger partial charge in [0.1, 0.15) is 0 Å². The second-order valence-corrected chi connectivity index (χ2v) is 8.04. The summed E-state index contributed by atoms with van der Waals surface area (Å²) in [5, 5.41) is 2.19. The lowest BCUT2D eigenvalue weighted by atomic mass is 11.2. The van der Waals surface area contributed by atoms with Crippen molar-refractivity contribution in [3.05, 3.63) is 11.2 Å². The molecule has 2 atom stereocenters. The Morgan fingerprint density at radius 1 is 1.50 bits per heavy atom. The van der Waals surface area contributed by atoms with Gasteiger partial charge in [0.25, 0.3) is 0 Å². The zero-order chi connectivity index (χ0) is 4.24. The normalized spacial score (nSPS) is 10.7. The molecule has 0 spiro atoms. The molecule has 0 saturated heterocycles. The van der Waals surface area contributed by atoms with E-state index < -0.39 is 0 Å². The first-order chi connectivity index (χ1) is 3.00. The average molecular weight is 154 g/mol. The van der Waals surface area contributed by atoms with Crippen LogP contribution in [-0.4, -0.2) is 0 Å². The zero-order valence-electron chi connectivity index (χ0n) is 2.97. The Bertz CT molecular complexity index is 81.5. The van der Waals surface area contributed by atoms with Crippen molar-refractivity contribution < 1.29 is 0 Å². The fourth-order valence-electron chi connectivity index (χ4n) is 0.172.